The van der Waals surface area contributed by atoms with Gasteiger partial charge in [-0.1, -0.05) is 13.8 Å². The third-order valence-corrected chi connectivity index (χ3v) is 2.48. The molecule has 5 heteroatoms. The van der Waals surface area contributed by atoms with Crippen molar-refractivity contribution in [1.29, 1.82) is 0 Å². The molecule has 0 spiro atoms. The minimum atomic E-state index is -0.0945. The van der Waals surface area contributed by atoms with E-state index in [-0.39, 0.29) is 17.8 Å². The Labute approximate surface area is 102 Å². The molecule has 96 valence electrons. The van der Waals surface area contributed by atoms with Gasteiger partial charge in [0.1, 0.15) is 6.26 Å². The summed E-state index contributed by atoms with van der Waals surface area (Å²) in [5.41, 5.74) is 6.40. The summed E-state index contributed by atoms with van der Waals surface area (Å²) >= 11 is 0. The number of anilines is 1. The number of carbonyl (C=O) groups excluding carboxylic acids is 1. The fraction of sp³-hybridized carbons (Fsp3) is 0.667. The van der Waals surface area contributed by atoms with Crippen LogP contribution in [0.4, 0.5) is 6.01 Å². The molecule has 0 fully saturated rings. The van der Waals surface area contributed by atoms with Crippen LogP contribution in [0.1, 0.15) is 32.4 Å². The van der Waals surface area contributed by atoms with Gasteiger partial charge in [0, 0.05) is 6.42 Å². The van der Waals surface area contributed by atoms with Crippen molar-refractivity contribution in [3.8, 4) is 0 Å². The minimum Gasteiger partial charge on any atom is -0.432 e. The average molecular weight is 239 g/mol. The van der Waals surface area contributed by atoms with Crippen molar-refractivity contribution in [3.63, 3.8) is 0 Å². The Hall–Kier alpha value is -1.36. The molecule has 1 atom stereocenters. The van der Waals surface area contributed by atoms with Gasteiger partial charge >= 0.3 is 6.01 Å². The Kier molecular flexibility index (Phi) is 5.15. The second kappa shape index (κ2) is 6.39. The van der Waals surface area contributed by atoms with Gasteiger partial charge in [-0.15, -0.1) is 0 Å². The van der Waals surface area contributed by atoms with Gasteiger partial charge in [0.05, 0.1) is 5.69 Å². The number of oxazole rings is 1. The third-order valence-electron chi connectivity index (χ3n) is 2.48. The Bertz CT molecular complexity index is 360. The van der Waals surface area contributed by atoms with Crippen LogP contribution >= 0.6 is 0 Å². The van der Waals surface area contributed by atoms with Gasteiger partial charge in [0.15, 0.2) is 0 Å². The number of hydrogen-bond acceptors (Lipinski definition) is 4. The first-order valence-corrected chi connectivity index (χ1v) is 5.93. The summed E-state index contributed by atoms with van der Waals surface area (Å²) in [5.74, 6) is 0.661. The zero-order chi connectivity index (χ0) is 12.8. The van der Waals surface area contributed by atoms with Crippen LogP contribution < -0.4 is 11.1 Å². The van der Waals surface area contributed by atoms with Crippen LogP contribution in [-0.2, 0) is 4.79 Å². The average Bonchev–Trinajstić information content (AvgIpc) is 2.62. The molecule has 0 bridgehead atoms. The summed E-state index contributed by atoms with van der Waals surface area (Å²) in [6.45, 7) is 6.58. The molecule has 0 saturated heterocycles. The van der Waals surface area contributed by atoms with E-state index in [0.29, 0.717) is 18.9 Å². The molecular formula is C12H21N3O2. The van der Waals surface area contributed by atoms with Crippen molar-refractivity contribution in [2.24, 2.45) is 17.6 Å². The van der Waals surface area contributed by atoms with Crippen LogP contribution in [0.3, 0.4) is 0 Å². The van der Waals surface area contributed by atoms with Gasteiger partial charge in [-0.25, -0.2) is 0 Å². The summed E-state index contributed by atoms with van der Waals surface area (Å²) in [4.78, 5) is 15.7. The summed E-state index contributed by atoms with van der Waals surface area (Å²) in [7, 11) is 0. The second-order valence-corrected chi connectivity index (χ2v) is 4.78. The van der Waals surface area contributed by atoms with Gasteiger partial charge in [-0.3, -0.25) is 10.1 Å². The number of aromatic nitrogens is 1. The molecule has 0 aliphatic carbocycles. The van der Waals surface area contributed by atoms with Gasteiger partial charge < -0.3 is 10.2 Å². The summed E-state index contributed by atoms with van der Waals surface area (Å²) in [6, 6.07) is 0.257. The Morgan fingerprint density at radius 1 is 1.59 bits per heavy atom. The largest absolute Gasteiger partial charge is 0.432 e. The highest BCUT2D eigenvalue weighted by atomic mass is 16.4. The molecule has 1 aromatic heterocycles. The standard InChI is InChI=1S/C12H21N3O2/c1-8(2)4-10(6-13)5-11(16)15-12-14-9(3)7-17-12/h7-8,10H,4-6,13H2,1-3H3,(H,14,15,16)/t10-/m0/s1. The van der Waals surface area contributed by atoms with E-state index >= 15 is 0 Å². The second-order valence-electron chi connectivity index (χ2n) is 4.78. The van der Waals surface area contributed by atoms with Crippen LogP contribution in [0.2, 0.25) is 0 Å². The van der Waals surface area contributed by atoms with Crippen LogP contribution in [0.15, 0.2) is 10.7 Å². The van der Waals surface area contributed by atoms with Crippen LogP contribution in [-0.4, -0.2) is 17.4 Å². The normalized spacial score (nSPS) is 12.8. The number of amides is 1. The van der Waals surface area contributed by atoms with Gasteiger partial charge in [0.25, 0.3) is 0 Å². The van der Waals surface area contributed by atoms with Crippen LogP contribution in [0.5, 0.6) is 0 Å². The van der Waals surface area contributed by atoms with E-state index in [2.05, 4.69) is 24.1 Å². The number of aryl methyl sites for hydroxylation is 1. The molecule has 1 heterocycles. The number of nitrogens with one attached hydrogen (secondary N) is 1. The number of rotatable bonds is 6. The molecule has 0 aliphatic rings. The van der Waals surface area contributed by atoms with E-state index in [1.165, 1.54) is 6.26 Å². The summed E-state index contributed by atoms with van der Waals surface area (Å²) < 4.78 is 5.06. The molecule has 1 amide bonds. The van der Waals surface area contributed by atoms with E-state index < -0.39 is 0 Å². The molecule has 1 rings (SSSR count). The first kappa shape index (κ1) is 13.7. The lowest BCUT2D eigenvalue weighted by molar-refractivity contribution is -0.117. The number of nitrogens with zero attached hydrogens (tertiary/aromatic N) is 1. The lowest BCUT2D eigenvalue weighted by Crippen LogP contribution is -2.23. The molecule has 0 aromatic carbocycles. The molecular weight excluding hydrogens is 218 g/mol. The smallest absolute Gasteiger partial charge is 0.301 e. The fourth-order valence-electron chi connectivity index (χ4n) is 1.77. The predicted molar refractivity (Wildman–Crippen MR) is 66.5 cm³/mol. The van der Waals surface area contributed by atoms with Crippen molar-refractivity contribution in [2.45, 2.75) is 33.6 Å². The first-order chi connectivity index (χ1) is 8.01. The maximum atomic E-state index is 11.7. The summed E-state index contributed by atoms with van der Waals surface area (Å²) in [5, 5.41) is 2.63. The van der Waals surface area contributed by atoms with E-state index in [0.717, 1.165) is 12.1 Å². The van der Waals surface area contributed by atoms with Crippen molar-refractivity contribution < 1.29 is 9.21 Å². The SMILES string of the molecule is Cc1coc(NC(=O)C[C@@H](CN)CC(C)C)n1. The Morgan fingerprint density at radius 2 is 2.29 bits per heavy atom. The molecule has 0 radical (unpaired) electrons. The topological polar surface area (TPSA) is 81.2 Å². The summed E-state index contributed by atoms with van der Waals surface area (Å²) in [6.07, 6.45) is 2.87. The van der Waals surface area contributed by atoms with E-state index in [1.807, 2.05) is 0 Å². The first-order valence-electron chi connectivity index (χ1n) is 5.93. The van der Waals surface area contributed by atoms with Crippen molar-refractivity contribution in [1.82, 2.24) is 4.98 Å². The zero-order valence-corrected chi connectivity index (χ0v) is 10.7. The van der Waals surface area contributed by atoms with Gasteiger partial charge in [0.2, 0.25) is 5.91 Å². The predicted octanol–water partition coefficient (Wildman–Crippen LogP) is 1.93. The maximum absolute atomic E-state index is 11.7. The van der Waals surface area contributed by atoms with Gasteiger partial charge in [-0.2, -0.15) is 4.98 Å². The number of hydrogen-bond donors (Lipinski definition) is 2. The lowest BCUT2D eigenvalue weighted by atomic mass is 9.94. The Morgan fingerprint density at radius 3 is 2.76 bits per heavy atom. The number of carbonyl (C=O) groups is 1. The van der Waals surface area contributed by atoms with E-state index in [1.54, 1.807) is 6.92 Å². The lowest BCUT2D eigenvalue weighted by Gasteiger charge is -2.15. The minimum absolute atomic E-state index is 0.0945. The molecule has 17 heavy (non-hydrogen) atoms. The molecule has 0 aliphatic heterocycles. The van der Waals surface area contributed by atoms with Gasteiger partial charge in [-0.05, 0) is 31.7 Å². The highest BCUT2D eigenvalue weighted by molar-refractivity contribution is 5.88. The van der Waals surface area contributed by atoms with Crippen molar-refractivity contribution in [2.75, 3.05) is 11.9 Å². The van der Waals surface area contributed by atoms with Crippen molar-refractivity contribution in [3.05, 3.63) is 12.0 Å². The number of nitrogens with two attached hydrogens (primary N) is 1. The Balaban J connectivity index is 2.42. The fourth-order valence-corrected chi connectivity index (χ4v) is 1.77. The molecule has 0 unspecified atom stereocenters. The van der Waals surface area contributed by atoms with Crippen LogP contribution in [0.25, 0.3) is 0 Å². The highest BCUT2D eigenvalue weighted by Crippen LogP contribution is 2.15. The van der Waals surface area contributed by atoms with E-state index in [4.69, 9.17) is 10.2 Å². The van der Waals surface area contributed by atoms with E-state index in [9.17, 15) is 4.79 Å². The monoisotopic (exact) mass is 239 g/mol. The third kappa shape index (κ3) is 4.99. The molecule has 1 aromatic rings. The zero-order valence-electron chi connectivity index (χ0n) is 10.7. The quantitative estimate of drug-likeness (QED) is 0.794. The highest BCUT2D eigenvalue weighted by Gasteiger charge is 2.15. The molecule has 5 nitrogen and oxygen atoms in total. The van der Waals surface area contributed by atoms with Crippen LogP contribution in [0, 0.1) is 18.8 Å². The van der Waals surface area contributed by atoms with Crippen molar-refractivity contribution >= 4 is 11.9 Å². The molecule has 3 N–H and O–H groups in total. The molecule has 0 saturated carbocycles. The maximum Gasteiger partial charge on any atom is 0.301 e.